The first-order chi connectivity index (χ1) is 11.2. The van der Waals surface area contributed by atoms with Crippen LogP contribution in [0.2, 0.25) is 0 Å². The van der Waals surface area contributed by atoms with Gasteiger partial charge in [-0.25, -0.2) is 9.97 Å². The number of methoxy groups -OCH3 is 1. The Morgan fingerprint density at radius 1 is 1.09 bits per heavy atom. The highest BCUT2D eigenvalue weighted by molar-refractivity contribution is 9.10. The zero-order valence-corrected chi connectivity index (χ0v) is 14.2. The van der Waals surface area contributed by atoms with Gasteiger partial charge in [-0.2, -0.15) is 0 Å². The number of nitrogens with zero attached hydrogens (tertiary/aromatic N) is 2. The largest absolute Gasteiger partial charge is 0.491 e. The van der Waals surface area contributed by atoms with Gasteiger partial charge in [0.2, 0.25) is 5.95 Å². The Bertz CT molecular complexity index is 793. The number of aromatic nitrogens is 2. The topological polar surface area (TPSA) is 56.3 Å². The third kappa shape index (κ3) is 4.18. The summed E-state index contributed by atoms with van der Waals surface area (Å²) in [6.45, 7) is 1.10. The molecule has 1 heterocycles. The number of fused-ring (bicyclic) bond motifs is 1. The van der Waals surface area contributed by atoms with E-state index in [0.29, 0.717) is 19.2 Å². The molecule has 118 valence electrons. The molecule has 1 N–H and O–H groups in total. The number of ether oxygens (including phenoxy) is 2. The van der Waals surface area contributed by atoms with Crippen LogP contribution in [-0.2, 0) is 4.74 Å². The van der Waals surface area contributed by atoms with E-state index in [0.717, 1.165) is 26.8 Å². The summed E-state index contributed by atoms with van der Waals surface area (Å²) in [7, 11) is 1.65. The monoisotopic (exact) mass is 373 g/mol. The molecule has 6 heteroatoms. The first-order valence-electron chi connectivity index (χ1n) is 7.16. The maximum atomic E-state index is 5.53. The van der Waals surface area contributed by atoms with Gasteiger partial charge in [0, 0.05) is 28.9 Å². The average Bonchev–Trinajstić information content (AvgIpc) is 2.57. The molecule has 0 bridgehead atoms. The van der Waals surface area contributed by atoms with E-state index in [4.69, 9.17) is 9.47 Å². The highest BCUT2D eigenvalue weighted by Gasteiger charge is 2.02. The summed E-state index contributed by atoms with van der Waals surface area (Å²) in [6.07, 6.45) is 1.80. The van der Waals surface area contributed by atoms with Crippen LogP contribution >= 0.6 is 15.9 Å². The highest BCUT2D eigenvalue weighted by Crippen LogP contribution is 2.21. The van der Waals surface area contributed by atoms with Crippen LogP contribution in [-0.4, -0.2) is 30.3 Å². The zero-order chi connectivity index (χ0) is 16.1. The molecular weight excluding hydrogens is 358 g/mol. The molecule has 23 heavy (non-hydrogen) atoms. The number of nitrogens with one attached hydrogen (secondary N) is 1. The van der Waals surface area contributed by atoms with Crippen molar-refractivity contribution in [3.05, 3.63) is 53.1 Å². The summed E-state index contributed by atoms with van der Waals surface area (Å²) in [6, 6.07) is 13.6. The van der Waals surface area contributed by atoms with Gasteiger partial charge in [0.15, 0.2) is 0 Å². The predicted octanol–water partition coefficient (Wildman–Crippen LogP) is 4.16. The van der Waals surface area contributed by atoms with Crippen molar-refractivity contribution in [2.24, 2.45) is 0 Å². The standard InChI is InChI=1S/C17H16BrN3O2/c1-22-8-9-23-15-5-3-14(4-6-15)20-17-19-11-12-10-13(18)2-7-16(12)21-17/h2-7,10-11H,8-9H2,1H3,(H,19,20,21). The minimum Gasteiger partial charge on any atom is -0.491 e. The van der Waals surface area contributed by atoms with Gasteiger partial charge >= 0.3 is 0 Å². The van der Waals surface area contributed by atoms with Crippen LogP contribution in [0.25, 0.3) is 10.9 Å². The highest BCUT2D eigenvalue weighted by atomic mass is 79.9. The van der Waals surface area contributed by atoms with Crippen LogP contribution in [0.5, 0.6) is 5.75 Å². The molecule has 0 aliphatic rings. The third-order valence-corrected chi connectivity index (χ3v) is 3.70. The molecule has 0 atom stereocenters. The fraction of sp³-hybridized carbons (Fsp3) is 0.176. The maximum absolute atomic E-state index is 5.53. The van der Waals surface area contributed by atoms with Crippen LogP contribution in [0.4, 0.5) is 11.6 Å². The van der Waals surface area contributed by atoms with Crippen LogP contribution in [0.3, 0.4) is 0 Å². The molecule has 0 unspecified atom stereocenters. The lowest BCUT2D eigenvalue weighted by Gasteiger charge is -2.08. The van der Waals surface area contributed by atoms with Gasteiger partial charge in [-0.1, -0.05) is 15.9 Å². The first-order valence-corrected chi connectivity index (χ1v) is 7.95. The van der Waals surface area contributed by atoms with Crippen molar-refractivity contribution in [3.63, 3.8) is 0 Å². The first kappa shape index (κ1) is 15.7. The van der Waals surface area contributed by atoms with Crippen LogP contribution in [0, 0.1) is 0 Å². The van der Waals surface area contributed by atoms with Crippen molar-refractivity contribution in [2.75, 3.05) is 25.6 Å². The van der Waals surface area contributed by atoms with Crippen LogP contribution < -0.4 is 10.1 Å². The Morgan fingerprint density at radius 2 is 1.91 bits per heavy atom. The van der Waals surface area contributed by atoms with Crippen molar-refractivity contribution >= 4 is 38.5 Å². The Morgan fingerprint density at radius 3 is 2.70 bits per heavy atom. The molecular formula is C17H16BrN3O2. The molecule has 1 aromatic heterocycles. The van der Waals surface area contributed by atoms with Gasteiger partial charge < -0.3 is 14.8 Å². The number of anilines is 2. The van der Waals surface area contributed by atoms with E-state index in [-0.39, 0.29) is 0 Å². The van der Waals surface area contributed by atoms with Crippen LogP contribution in [0.1, 0.15) is 0 Å². The van der Waals surface area contributed by atoms with Crippen molar-refractivity contribution in [1.29, 1.82) is 0 Å². The van der Waals surface area contributed by atoms with Gasteiger partial charge in [0.1, 0.15) is 12.4 Å². The number of halogens is 1. The minimum atomic E-state index is 0.534. The van der Waals surface area contributed by atoms with E-state index in [1.165, 1.54) is 0 Å². The van der Waals surface area contributed by atoms with Gasteiger partial charge in [0.25, 0.3) is 0 Å². The van der Waals surface area contributed by atoms with E-state index in [2.05, 4.69) is 31.2 Å². The Kier molecular flexibility index (Phi) is 5.05. The molecule has 0 radical (unpaired) electrons. The Labute approximate surface area is 142 Å². The molecule has 0 spiro atoms. The smallest absolute Gasteiger partial charge is 0.227 e. The van der Waals surface area contributed by atoms with Crippen molar-refractivity contribution in [2.45, 2.75) is 0 Å². The molecule has 3 rings (SSSR count). The molecule has 3 aromatic rings. The average molecular weight is 374 g/mol. The second kappa shape index (κ2) is 7.39. The lowest BCUT2D eigenvalue weighted by molar-refractivity contribution is 0.146. The molecule has 5 nitrogen and oxygen atoms in total. The third-order valence-electron chi connectivity index (χ3n) is 3.21. The fourth-order valence-electron chi connectivity index (χ4n) is 2.07. The second-order valence-electron chi connectivity index (χ2n) is 4.89. The van der Waals surface area contributed by atoms with Crippen LogP contribution in [0.15, 0.2) is 53.1 Å². The van der Waals surface area contributed by atoms with E-state index < -0.39 is 0 Å². The SMILES string of the molecule is COCCOc1ccc(Nc2ncc3cc(Br)ccc3n2)cc1. The Hall–Kier alpha value is -2.18. The normalized spacial score (nSPS) is 10.7. The number of benzene rings is 2. The lowest BCUT2D eigenvalue weighted by atomic mass is 10.2. The zero-order valence-electron chi connectivity index (χ0n) is 12.6. The molecule has 0 aliphatic carbocycles. The summed E-state index contributed by atoms with van der Waals surface area (Å²) in [5.41, 5.74) is 1.80. The van der Waals surface area contributed by atoms with Gasteiger partial charge in [-0.15, -0.1) is 0 Å². The summed E-state index contributed by atoms with van der Waals surface area (Å²) < 4.78 is 11.5. The number of rotatable bonds is 6. The van der Waals surface area contributed by atoms with Crippen molar-refractivity contribution < 1.29 is 9.47 Å². The number of hydrogen-bond donors (Lipinski definition) is 1. The summed E-state index contributed by atoms with van der Waals surface area (Å²) >= 11 is 3.44. The fourth-order valence-corrected chi connectivity index (χ4v) is 2.45. The van der Waals surface area contributed by atoms with Crippen molar-refractivity contribution in [1.82, 2.24) is 9.97 Å². The second-order valence-corrected chi connectivity index (χ2v) is 5.80. The maximum Gasteiger partial charge on any atom is 0.227 e. The molecule has 0 saturated carbocycles. The number of hydrogen-bond acceptors (Lipinski definition) is 5. The quantitative estimate of drug-likeness (QED) is 0.657. The van der Waals surface area contributed by atoms with E-state index in [9.17, 15) is 0 Å². The van der Waals surface area contributed by atoms with E-state index in [1.807, 2.05) is 42.5 Å². The van der Waals surface area contributed by atoms with Gasteiger partial charge in [-0.05, 0) is 42.5 Å². The predicted molar refractivity (Wildman–Crippen MR) is 94.3 cm³/mol. The van der Waals surface area contributed by atoms with Gasteiger partial charge in [-0.3, -0.25) is 0 Å². The molecule has 0 fully saturated rings. The molecule has 0 amide bonds. The van der Waals surface area contributed by atoms with Gasteiger partial charge in [0.05, 0.1) is 12.1 Å². The van der Waals surface area contributed by atoms with E-state index in [1.54, 1.807) is 13.3 Å². The van der Waals surface area contributed by atoms with Crippen molar-refractivity contribution in [3.8, 4) is 5.75 Å². The summed E-state index contributed by atoms with van der Waals surface area (Å²) in [4.78, 5) is 8.84. The summed E-state index contributed by atoms with van der Waals surface area (Å²) in [5.74, 6) is 1.37. The van der Waals surface area contributed by atoms with E-state index >= 15 is 0 Å². The summed E-state index contributed by atoms with van der Waals surface area (Å²) in [5, 5.41) is 4.18. The molecule has 0 aliphatic heterocycles. The molecule has 0 saturated heterocycles. The molecule has 2 aromatic carbocycles. The Balaban J connectivity index is 1.70. The lowest BCUT2D eigenvalue weighted by Crippen LogP contribution is -2.04. The minimum absolute atomic E-state index is 0.534.